The van der Waals surface area contributed by atoms with Crippen LogP contribution < -0.4 is 10.2 Å². The first kappa shape index (κ1) is 14.3. The molecule has 0 amide bonds. The van der Waals surface area contributed by atoms with Crippen LogP contribution in [0.5, 0.6) is 0 Å². The smallest absolute Gasteiger partial charge is 0.315 e. The summed E-state index contributed by atoms with van der Waals surface area (Å²) in [6.45, 7) is 6.94. The van der Waals surface area contributed by atoms with E-state index >= 15 is 0 Å². The number of anilines is 2. The molecule has 0 aliphatic rings. The lowest BCUT2D eigenvalue weighted by Crippen LogP contribution is -2.32. The van der Waals surface area contributed by atoms with E-state index in [0.717, 1.165) is 13.0 Å². The number of para-hydroxylation sites is 1. The lowest BCUT2D eigenvalue weighted by molar-refractivity contribution is -0.383. The van der Waals surface area contributed by atoms with Crippen molar-refractivity contribution in [1.29, 1.82) is 0 Å². The van der Waals surface area contributed by atoms with Gasteiger partial charge in [-0.15, -0.1) is 0 Å². The molecule has 1 N–H and O–H groups in total. The van der Waals surface area contributed by atoms with E-state index in [4.69, 9.17) is 0 Å². The van der Waals surface area contributed by atoms with Crippen molar-refractivity contribution < 1.29 is 4.92 Å². The molecule has 0 saturated carbocycles. The van der Waals surface area contributed by atoms with Crippen molar-refractivity contribution in [2.24, 2.45) is 0 Å². The van der Waals surface area contributed by atoms with Gasteiger partial charge in [-0.25, -0.2) is 0 Å². The van der Waals surface area contributed by atoms with Gasteiger partial charge in [-0.1, -0.05) is 13.0 Å². The normalized spacial score (nSPS) is 12.0. The van der Waals surface area contributed by atoms with Crippen LogP contribution in [0.3, 0.4) is 0 Å². The van der Waals surface area contributed by atoms with Crippen molar-refractivity contribution in [3.8, 4) is 0 Å². The molecule has 5 nitrogen and oxygen atoms in total. The Labute approximate surface area is 108 Å². The first-order valence-electron chi connectivity index (χ1n) is 6.28. The van der Waals surface area contributed by atoms with Crippen LogP contribution in [0.25, 0.3) is 0 Å². The molecule has 0 radical (unpaired) electrons. The van der Waals surface area contributed by atoms with Crippen LogP contribution in [0, 0.1) is 10.1 Å². The van der Waals surface area contributed by atoms with Gasteiger partial charge in [0.05, 0.1) is 4.92 Å². The van der Waals surface area contributed by atoms with Crippen LogP contribution >= 0.6 is 0 Å². The number of nitrogens with zero attached hydrogens (tertiary/aromatic N) is 2. The maximum Gasteiger partial charge on any atom is 0.315 e. The van der Waals surface area contributed by atoms with Gasteiger partial charge in [0, 0.05) is 19.6 Å². The number of benzene rings is 1. The van der Waals surface area contributed by atoms with Gasteiger partial charge in [0.15, 0.2) is 0 Å². The average Bonchev–Trinajstić information content (AvgIpc) is 2.38. The van der Waals surface area contributed by atoms with Gasteiger partial charge in [0.1, 0.15) is 11.4 Å². The first-order chi connectivity index (χ1) is 8.56. The summed E-state index contributed by atoms with van der Waals surface area (Å²) in [6, 6.07) is 5.67. The molecule has 0 fully saturated rings. The maximum atomic E-state index is 11.3. The van der Waals surface area contributed by atoms with Gasteiger partial charge >= 0.3 is 5.69 Å². The summed E-state index contributed by atoms with van der Waals surface area (Å²) >= 11 is 0. The Morgan fingerprint density at radius 2 is 2.11 bits per heavy atom. The number of nitro benzene ring substituents is 1. The monoisotopic (exact) mass is 251 g/mol. The van der Waals surface area contributed by atoms with Crippen molar-refractivity contribution in [3.63, 3.8) is 0 Å². The zero-order chi connectivity index (χ0) is 13.7. The maximum absolute atomic E-state index is 11.3. The van der Waals surface area contributed by atoms with Gasteiger partial charge in [0.2, 0.25) is 0 Å². The van der Waals surface area contributed by atoms with Crippen LogP contribution in [0.2, 0.25) is 0 Å². The summed E-state index contributed by atoms with van der Waals surface area (Å²) in [5.41, 5.74) is 1.39. The lowest BCUT2D eigenvalue weighted by atomic mass is 10.1. The Balaban J connectivity index is 3.33. The second-order valence-corrected chi connectivity index (χ2v) is 4.22. The molecule has 0 spiro atoms. The van der Waals surface area contributed by atoms with E-state index in [1.807, 2.05) is 19.1 Å². The molecular weight excluding hydrogens is 230 g/mol. The standard InChI is InChI=1S/C13H21N3O2/c1-5-10(3)15(6-2)12-9-7-8-11(14-4)13(12)16(17)18/h7-10,14H,5-6H2,1-4H3. The topological polar surface area (TPSA) is 58.4 Å². The number of nitrogens with one attached hydrogen (secondary N) is 1. The molecular formula is C13H21N3O2. The van der Waals surface area contributed by atoms with Crippen molar-refractivity contribution >= 4 is 17.1 Å². The molecule has 0 aliphatic carbocycles. The summed E-state index contributed by atoms with van der Waals surface area (Å²) in [5.74, 6) is 0. The van der Waals surface area contributed by atoms with E-state index in [9.17, 15) is 10.1 Å². The highest BCUT2D eigenvalue weighted by Gasteiger charge is 2.24. The van der Waals surface area contributed by atoms with E-state index in [1.165, 1.54) is 0 Å². The molecule has 0 aliphatic heterocycles. The van der Waals surface area contributed by atoms with Crippen molar-refractivity contribution in [1.82, 2.24) is 0 Å². The van der Waals surface area contributed by atoms with Gasteiger partial charge in [-0.05, 0) is 32.4 Å². The van der Waals surface area contributed by atoms with Gasteiger partial charge < -0.3 is 10.2 Å². The molecule has 1 aromatic rings. The van der Waals surface area contributed by atoms with Crippen molar-refractivity contribution in [2.75, 3.05) is 23.8 Å². The zero-order valence-corrected chi connectivity index (χ0v) is 11.4. The Kier molecular flexibility index (Phi) is 4.95. The minimum absolute atomic E-state index is 0.155. The van der Waals surface area contributed by atoms with Crippen LogP contribution in [0.4, 0.5) is 17.1 Å². The number of hydrogen-bond acceptors (Lipinski definition) is 4. The fourth-order valence-electron chi connectivity index (χ4n) is 2.10. The molecule has 1 rings (SSSR count). The highest BCUT2D eigenvalue weighted by Crippen LogP contribution is 2.36. The molecule has 0 aromatic heterocycles. The molecule has 0 heterocycles. The minimum Gasteiger partial charge on any atom is -0.382 e. The summed E-state index contributed by atoms with van der Waals surface area (Å²) in [4.78, 5) is 13.0. The predicted octanol–water partition coefficient (Wildman–Crippen LogP) is 3.26. The fraction of sp³-hybridized carbons (Fsp3) is 0.538. The van der Waals surface area contributed by atoms with E-state index in [1.54, 1.807) is 13.1 Å². The zero-order valence-electron chi connectivity index (χ0n) is 11.4. The van der Waals surface area contributed by atoms with Gasteiger partial charge in [-0.3, -0.25) is 10.1 Å². The third-order valence-corrected chi connectivity index (χ3v) is 3.24. The molecule has 1 aromatic carbocycles. The minimum atomic E-state index is -0.313. The number of hydrogen-bond donors (Lipinski definition) is 1. The molecule has 5 heteroatoms. The first-order valence-corrected chi connectivity index (χ1v) is 6.28. The van der Waals surface area contributed by atoms with Crippen molar-refractivity contribution in [3.05, 3.63) is 28.3 Å². The van der Waals surface area contributed by atoms with Gasteiger partial charge in [0.25, 0.3) is 0 Å². The third kappa shape index (κ3) is 2.72. The van der Waals surface area contributed by atoms with Crippen LogP contribution in [-0.4, -0.2) is 24.6 Å². The van der Waals surface area contributed by atoms with Gasteiger partial charge in [-0.2, -0.15) is 0 Å². The van der Waals surface area contributed by atoms with E-state index in [-0.39, 0.29) is 16.7 Å². The van der Waals surface area contributed by atoms with Crippen molar-refractivity contribution in [2.45, 2.75) is 33.2 Å². The van der Waals surface area contributed by atoms with E-state index in [2.05, 4.69) is 24.1 Å². The fourth-order valence-corrected chi connectivity index (χ4v) is 2.10. The largest absolute Gasteiger partial charge is 0.382 e. The van der Waals surface area contributed by atoms with E-state index < -0.39 is 0 Å². The summed E-state index contributed by atoms with van der Waals surface area (Å²) in [5, 5.41) is 14.2. The van der Waals surface area contributed by atoms with Crippen LogP contribution in [0.15, 0.2) is 18.2 Å². The molecule has 18 heavy (non-hydrogen) atoms. The predicted molar refractivity (Wildman–Crippen MR) is 75.4 cm³/mol. The molecule has 0 bridgehead atoms. The van der Waals surface area contributed by atoms with Crippen LogP contribution in [-0.2, 0) is 0 Å². The summed E-state index contributed by atoms with van der Waals surface area (Å²) < 4.78 is 0. The highest BCUT2D eigenvalue weighted by atomic mass is 16.6. The summed E-state index contributed by atoms with van der Waals surface area (Å²) in [6.07, 6.45) is 0.953. The lowest BCUT2D eigenvalue weighted by Gasteiger charge is -2.29. The number of nitro groups is 1. The average molecular weight is 251 g/mol. The molecule has 1 unspecified atom stereocenters. The Bertz CT molecular complexity index is 421. The third-order valence-electron chi connectivity index (χ3n) is 3.24. The highest BCUT2D eigenvalue weighted by molar-refractivity contribution is 5.77. The molecule has 100 valence electrons. The number of rotatable bonds is 6. The SMILES string of the molecule is CCC(C)N(CC)c1cccc(NC)c1[N+](=O)[O-]. The quantitative estimate of drug-likeness (QED) is 0.622. The molecule has 0 saturated heterocycles. The Morgan fingerprint density at radius 3 is 2.56 bits per heavy atom. The second-order valence-electron chi connectivity index (χ2n) is 4.22. The summed E-state index contributed by atoms with van der Waals surface area (Å²) in [7, 11) is 1.70. The van der Waals surface area contributed by atoms with Crippen LogP contribution in [0.1, 0.15) is 27.2 Å². The Morgan fingerprint density at radius 1 is 1.44 bits per heavy atom. The second kappa shape index (κ2) is 6.23. The Hall–Kier alpha value is -1.78. The van der Waals surface area contributed by atoms with E-state index in [0.29, 0.717) is 11.4 Å². The molecule has 1 atom stereocenters.